The van der Waals surface area contributed by atoms with E-state index in [0.29, 0.717) is 31.8 Å². The summed E-state index contributed by atoms with van der Waals surface area (Å²) in [4.78, 5) is 12.3. The van der Waals surface area contributed by atoms with Crippen LogP contribution in [0, 0.1) is 19.7 Å². The van der Waals surface area contributed by atoms with Crippen LogP contribution >= 0.6 is 0 Å². The predicted octanol–water partition coefficient (Wildman–Crippen LogP) is 4.27. The number of alkyl halides is 3. The molecule has 34 heavy (non-hydrogen) atoms. The molecule has 3 heterocycles. The Morgan fingerprint density at radius 2 is 1.85 bits per heavy atom. The summed E-state index contributed by atoms with van der Waals surface area (Å²) < 4.78 is 70.6. The van der Waals surface area contributed by atoms with Gasteiger partial charge in [-0.05, 0) is 44.4 Å². The summed E-state index contributed by atoms with van der Waals surface area (Å²) in [6.45, 7) is 4.53. The number of hydrogen-bond donors (Lipinski definition) is 1. The Hall–Kier alpha value is -2.70. The number of aromatic nitrogens is 4. The Kier molecular flexibility index (Phi) is 6.83. The van der Waals surface area contributed by atoms with Crippen molar-refractivity contribution in [1.82, 2.24) is 23.8 Å². The van der Waals surface area contributed by atoms with Crippen LogP contribution in [-0.4, -0.2) is 53.8 Å². The highest BCUT2D eigenvalue weighted by Crippen LogP contribution is 2.36. The third-order valence-corrected chi connectivity index (χ3v) is 6.82. The molecule has 1 aliphatic rings. The molecule has 1 N–H and O–H groups in total. The maximum Gasteiger partial charge on any atom is 0.420 e. The van der Waals surface area contributed by atoms with Crippen LogP contribution in [0.15, 0.2) is 30.6 Å². The number of benzene rings is 1. The van der Waals surface area contributed by atoms with Crippen molar-refractivity contribution in [2.24, 2.45) is 0 Å². The first kappa shape index (κ1) is 24.4. The van der Waals surface area contributed by atoms with Crippen molar-refractivity contribution in [2.75, 3.05) is 24.7 Å². The van der Waals surface area contributed by atoms with Crippen molar-refractivity contribution in [3.8, 4) is 17.1 Å². The lowest BCUT2D eigenvalue weighted by molar-refractivity contribution is -0.137. The van der Waals surface area contributed by atoms with Gasteiger partial charge in [-0.1, -0.05) is 6.07 Å². The molecule has 182 valence electrons. The number of nitrogens with zero attached hydrogens (tertiary/aromatic N) is 5. The third kappa shape index (κ3) is 5.18. The molecule has 0 radical (unpaired) electrons. The molecule has 12 heteroatoms. The van der Waals surface area contributed by atoms with Crippen molar-refractivity contribution < 1.29 is 22.1 Å². The molecule has 1 fully saturated rings. The standard InChI is InChI=1S/C22H24F4N6OS/c1-13-4-5-19(17(23)10-13)32-12-18(28-14(32)2)20-16(22(24,25)26)11-27-21(30-20)29-15-6-8-31(9-7-15)34(3)33/h4-5,10-12,15H,6-9H2,1-3H3,(H,27,29,30). The van der Waals surface area contributed by atoms with Gasteiger partial charge in [0.05, 0.1) is 5.69 Å². The average Bonchev–Trinajstić information content (AvgIpc) is 3.14. The molecule has 2 aromatic heterocycles. The van der Waals surface area contributed by atoms with E-state index in [-0.39, 0.29) is 29.1 Å². The second-order valence-corrected chi connectivity index (χ2v) is 9.59. The molecule has 1 saturated heterocycles. The zero-order valence-electron chi connectivity index (χ0n) is 18.9. The molecule has 1 atom stereocenters. The lowest BCUT2D eigenvalue weighted by atomic mass is 10.1. The van der Waals surface area contributed by atoms with Crippen LogP contribution in [0.25, 0.3) is 17.1 Å². The quantitative estimate of drug-likeness (QED) is 0.420. The monoisotopic (exact) mass is 496 g/mol. The third-order valence-electron chi connectivity index (χ3n) is 5.73. The Morgan fingerprint density at radius 3 is 2.47 bits per heavy atom. The zero-order chi connectivity index (χ0) is 24.6. The zero-order valence-corrected chi connectivity index (χ0v) is 19.7. The van der Waals surface area contributed by atoms with Crippen LogP contribution < -0.4 is 5.32 Å². The average molecular weight is 497 g/mol. The van der Waals surface area contributed by atoms with Crippen molar-refractivity contribution in [3.63, 3.8) is 0 Å². The SMILES string of the molecule is Cc1ccc(-n2cc(-c3nc(NC4CCN([S+](C)[O-])CC4)ncc3C(F)(F)F)nc2C)c(F)c1. The van der Waals surface area contributed by atoms with Gasteiger partial charge < -0.3 is 14.4 Å². The number of hydrogen-bond acceptors (Lipinski definition) is 6. The molecular weight excluding hydrogens is 472 g/mol. The Morgan fingerprint density at radius 1 is 1.15 bits per heavy atom. The van der Waals surface area contributed by atoms with Gasteiger partial charge in [-0.3, -0.25) is 0 Å². The minimum absolute atomic E-state index is 0.0357. The number of imidazole rings is 1. The van der Waals surface area contributed by atoms with E-state index in [4.69, 9.17) is 0 Å². The van der Waals surface area contributed by atoms with Gasteiger partial charge in [-0.2, -0.15) is 13.2 Å². The van der Waals surface area contributed by atoms with Crippen LogP contribution in [-0.2, 0) is 17.5 Å². The summed E-state index contributed by atoms with van der Waals surface area (Å²) in [7, 11) is 0. The first-order valence-electron chi connectivity index (χ1n) is 10.6. The van der Waals surface area contributed by atoms with Crippen molar-refractivity contribution in [2.45, 2.75) is 38.9 Å². The molecule has 1 unspecified atom stereocenters. The van der Waals surface area contributed by atoms with E-state index in [2.05, 4.69) is 20.3 Å². The van der Waals surface area contributed by atoms with Crippen LogP contribution in [0.3, 0.4) is 0 Å². The van der Waals surface area contributed by atoms with Crippen molar-refractivity contribution in [1.29, 1.82) is 0 Å². The highest BCUT2D eigenvalue weighted by atomic mass is 32.2. The maximum atomic E-state index is 14.5. The van der Waals surface area contributed by atoms with E-state index in [9.17, 15) is 22.1 Å². The van der Waals surface area contributed by atoms with Gasteiger partial charge in [0, 0.05) is 42.9 Å². The fourth-order valence-corrected chi connectivity index (χ4v) is 4.66. The lowest BCUT2D eigenvalue weighted by Gasteiger charge is -2.31. The smallest absolute Gasteiger partial charge is 0.420 e. The number of anilines is 1. The molecule has 0 aliphatic carbocycles. The van der Waals surface area contributed by atoms with Crippen LogP contribution in [0.5, 0.6) is 0 Å². The van der Waals surface area contributed by atoms with E-state index in [1.165, 1.54) is 16.8 Å². The summed E-state index contributed by atoms with van der Waals surface area (Å²) in [5.41, 5.74) is -0.537. The van der Waals surface area contributed by atoms with Gasteiger partial charge in [0.15, 0.2) is 0 Å². The molecule has 0 saturated carbocycles. The van der Waals surface area contributed by atoms with Crippen molar-refractivity contribution >= 4 is 17.3 Å². The number of halogens is 4. The Labute approximate surface area is 197 Å². The molecule has 0 bridgehead atoms. The van der Waals surface area contributed by atoms with E-state index in [0.717, 1.165) is 11.8 Å². The fourth-order valence-electron chi connectivity index (χ4n) is 3.93. The van der Waals surface area contributed by atoms with Gasteiger partial charge in [0.2, 0.25) is 5.95 Å². The molecule has 3 aromatic rings. The minimum Gasteiger partial charge on any atom is -0.598 e. The summed E-state index contributed by atoms with van der Waals surface area (Å²) >= 11 is -1.06. The van der Waals surface area contributed by atoms with Crippen LogP contribution in [0.1, 0.15) is 29.8 Å². The van der Waals surface area contributed by atoms with Crippen LogP contribution in [0.4, 0.5) is 23.5 Å². The number of nitrogens with one attached hydrogen (secondary N) is 1. The van der Waals surface area contributed by atoms with Gasteiger partial charge in [0.1, 0.15) is 34.8 Å². The highest BCUT2D eigenvalue weighted by Gasteiger charge is 2.36. The van der Waals surface area contributed by atoms with E-state index < -0.39 is 28.9 Å². The number of piperidine rings is 1. The normalized spacial score (nSPS) is 16.6. The van der Waals surface area contributed by atoms with Gasteiger partial charge in [-0.15, -0.1) is 4.31 Å². The van der Waals surface area contributed by atoms with Gasteiger partial charge >= 0.3 is 6.18 Å². The minimum atomic E-state index is -4.70. The van der Waals surface area contributed by atoms with Gasteiger partial charge in [0.25, 0.3) is 0 Å². The molecule has 4 rings (SSSR count). The van der Waals surface area contributed by atoms with E-state index >= 15 is 0 Å². The largest absolute Gasteiger partial charge is 0.598 e. The Bertz CT molecular complexity index is 1170. The van der Waals surface area contributed by atoms with Gasteiger partial charge in [-0.25, -0.2) is 19.3 Å². The van der Waals surface area contributed by atoms with E-state index in [1.807, 2.05) is 4.31 Å². The predicted molar refractivity (Wildman–Crippen MR) is 121 cm³/mol. The maximum absolute atomic E-state index is 14.5. The summed E-state index contributed by atoms with van der Waals surface area (Å²) in [5.74, 6) is -0.140. The number of rotatable bonds is 5. The number of aryl methyl sites for hydroxylation is 2. The second-order valence-electron chi connectivity index (χ2n) is 8.22. The summed E-state index contributed by atoms with van der Waals surface area (Å²) in [6.07, 6.45) is 0.306. The highest BCUT2D eigenvalue weighted by molar-refractivity contribution is 7.88. The topological polar surface area (TPSA) is 81.9 Å². The molecule has 0 spiro atoms. The molecule has 7 nitrogen and oxygen atoms in total. The second kappa shape index (κ2) is 9.51. The fraction of sp³-hybridized carbons (Fsp3) is 0.409. The molecule has 1 aliphatic heterocycles. The molecule has 1 aromatic carbocycles. The summed E-state index contributed by atoms with van der Waals surface area (Å²) in [5, 5.41) is 3.09. The van der Waals surface area contributed by atoms with Crippen molar-refractivity contribution in [3.05, 3.63) is 53.4 Å². The molecule has 0 amide bonds. The van der Waals surface area contributed by atoms with E-state index in [1.54, 1.807) is 32.2 Å². The molecular formula is C22H24F4N6OS. The lowest BCUT2D eigenvalue weighted by Crippen LogP contribution is -2.42. The summed E-state index contributed by atoms with van der Waals surface area (Å²) in [6, 6.07) is 4.55. The van der Waals surface area contributed by atoms with Crippen LogP contribution in [0.2, 0.25) is 0 Å². The first-order chi connectivity index (χ1) is 16.0. The Balaban J connectivity index is 1.67. The first-order valence-corrected chi connectivity index (χ1v) is 12.2.